The number of carbonyl (C=O) groups is 1. The Bertz CT molecular complexity index is 224. The molecule has 1 atom stereocenters. The van der Waals surface area contributed by atoms with Crippen LogP contribution in [0.15, 0.2) is 0 Å². The second-order valence-corrected chi connectivity index (χ2v) is 2.73. The standard InChI is InChI=1S/C9H14N2O2/c1-2-3-4-11-9(12)8-7-13-6-5-10-8/h8,10H,4-7H2,1H3,(H,11,12). The molecule has 0 aromatic heterocycles. The molecule has 1 aliphatic heterocycles. The molecule has 4 nitrogen and oxygen atoms in total. The van der Waals surface area contributed by atoms with Gasteiger partial charge in [-0.25, -0.2) is 0 Å². The number of ether oxygens (including phenoxy) is 1. The van der Waals surface area contributed by atoms with Crippen LogP contribution in [-0.2, 0) is 9.53 Å². The fourth-order valence-corrected chi connectivity index (χ4v) is 1.08. The third kappa shape index (κ3) is 3.45. The van der Waals surface area contributed by atoms with Gasteiger partial charge in [0.2, 0.25) is 5.91 Å². The van der Waals surface area contributed by atoms with Crippen molar-refractivity contribution in [2.45, 2.75) is 13.0 Å². The van der Waals surface area contributed by atoms with Crippen LogP contribution in [0.1, 0.15) is 6.92 Å². The summed E-state index contributed by atoms with van der Waals surface area (Å²) in [7, 11) is 0. The van der Waals surface area contributed by atoms with Gasteiger partial charge in [-0.2, -0.15) is 0 Å². The molecule has 72 valence electrons. The number of carbonyl (C=O) groups excluding carboxylic acids is 1. The molecule has 1 heterocycles. The Morgan fingerprint density at radius 1 is 1.77 bits per heavy atom. The Balaban J connectivity index is 2.23. The Kier molecular flexibility index (Phi) is 4.30. The first-order chi connectivity index (χ1) is 6.34. The number of nitrogens with one attached hydrogen (secondary N) is 2. The van der Waals surface area contributed by atoms with Gasteiger partial charge in [-0.05, 0) is 6.92 Å². The van der Waals surface area contributed by atoms with E-state index in [1.54, 1.807) is 6.92 Å². The summed E-state index contributed by atoms with van der Waals surface area (Å²) in [5, 5.41) is 5.76. The normalized spacial score (nSPS) is 21.5. The van der Waals surface area contributed by atoms with E-state index in [9.17, 15) is 4.79 Å². The minimum Gasteiger partial charge on any atom is -0.378 e. The van der Waals surface area contributed by atoms with E-state index >= 15 is 0 Å². The Morgan fingerprint density at radius 2 is 2.62 bits per heavy atom. The first-order valence-electron chi connectivity index (χ1n) is 4.33. The lowest BCUT2D eigenvalue weighted by Crippen LogP contribution is -2.51. The van der Waals surface area contributed by atoms with Gasteiger partial charge in [0.05, 0.1) is 19.8 Å². The van der Waals surface area contributed by atoms with Crippen molar-refractivity contribution >= 4 is 5.91 Å². The third-order valence-electron chi connectivity index (χ3n) is 1.77. The monoisotopic (exact) mass is 182 g/mol. The number of morpholine rings is 1. The molecule has 0 aromatic carbocycles. The zero-order chi connectivity index (χ0) is 9.52. The first-order valence-corrected chi connectivity index (χ1v) is 4.33. The molecular formula is C9H14N2O2. The summed E-state index contributed by atoms with van der Waals surface area (Å²) in [6, 6.07) is -0.215. The third-order valence-corrected chi connectivity index (χ3v) is 1.77. The van der Waals surface area contributed by atoms with Gasteiger partial charge < -0.3 is 15.4 Å². The van der Waals surface area contributed by atoms with Gasteiger partial charge in [0.15, 0.2) is 0 Å². The van der Waals surface area contributed by atoms with Crippen LogP contribution < -0.4 is 10.6 Å². The molecule has 1 amide bonds. The summed E-state index contributed by atoms with van der Waals surface area (Å²) in [5.41, 5.74) is 0. The maximum atomic E-state index is 11.4. The quantitative estimate of drug-likeness (QED) is 0.545. The summed E-state index contributed by atoms with van der Waals surface area (Å²) in [4.78, 5) is 11.4. The van der Waals surface area contributed by atoms with Crippen molar-refractivity contribution < 1.29 is 9.53 Å². The number of hydrogen-bond donors (Lipinski definition) is 2. The van der Waals surface area contributed by atoms with E-state index in [0.29, 0.717) is 19.8 Å². The van der Waals surface area contributed by atoms with Crippen molar-refractivity contribution in [2.75, 3.05) is 26.3 Å². The number of amides is 1. The minimum atomic E-state index is -0.215. The number of rotatable bonds is 2. The fraction of sp³-hybridized carbons (Fsp3) is 0.667. The molecule has 0 spiro atoms. The minimum absolute atomic E-state index is 0.0394. The molecule has 0 aliphatic carbocycles. The molecule has 1 unspecified atom stereocenters. The van der Waals surface area contributed by atoms with E-state index in [-0.39, 0.29) is 11.9 Å². The molecule has 1 aliphatic rings. The molecule has 0 radical (unpaired) electrons. The van der Waals surface area contributed by atoms with Crippen molar-refractivity contribution in [3.05, 3.63) is 0 Å². The summed E-state index contributed by atoms with van der Waals surface area (Å²) >= 11 is 0. The maximum Gasteiger partial charge on any atom is 0.240 e. The van der Waals surface area contributed by atoms with Crippen molar-refractivity contribution in [3.63, 3.8) is 0 Å². The zero-order valence-corrected chi connectivity index (χ0v) is 7.72. The molecule has 2 N–H and O–H groups in total. The predicted molar refractivity (Wildman–Crippen MR) is 49.1 cm³/mol. The van der Waals surface area contributed by atoms with Gasteiger partial charge in [-0.1, -0.05) is 5.92 Å². The second-order valence-electron chi connectivity index (χ2n) is 2.73. The van der Waals surface area contributed by atoms with Gasteiger partial charge in [0, 0.05) is 6.54 Å². The van der Waals surface area contributed by atoms with Gasteiger partial charge in [0.25, 0.3) is 0 Å². The van der Waals surface area contributed by atoms with Crippen LogP contribution in [-0.4, -0.2) is 38.3 Å². The predicted octanol–water partition coefficient (Wildman–Crippen LogP) is -0.886. The highest BCUT2D eigenvalue weighted by atomic mass is 16.5. The van der Waals surface area contributed by atoms with Gasteiger partial charge in [0.1, 0.15) is 6.04 Å². The summed E-state index contributed by atoms with van der Waals surface area (Å²) in [5.74, 6) is 5.44. The molecule has 13 heavy (non-hydrogen) atoms. The van der Waals surface area contributed by atoms with Crippen molar-refractivity contribution in [2.24, 2.45) is 0 Å². The van der Waals surface area contributed by atoms with E-state index in [4.69, 9.17) is 4.74 Å². The fourth-order valence-electron chi connectivity index (χ4n) is 1.08. The maximum absolute atomic E-state index is 11.4. The van der Waals surface area contributed by atoms with E-state index in [1.807, 2.05) is 0 Å². The van der Waals surface area contributed by atoms with Crippen LogP contribution in [0.3, 0.4) is 0 Å². The highest BCUT2D eigenvalue weighted by Crippen LogP contribution is 1.92. The van der Waals surface area contributed by atoms with Gasteiger partial charge in [-0.15, -0.1) is 5.92 Å². The smallest absolute Gasteiger partial charge is 0.240 e. The molecule has 0 aromatic rings. The Labute approximate surface area is 78.0 Å². The van der Waals surface area contributed by atoms with Gasteiger partial charge in [-0.3, -0.25) is 4.79 Å². The van der Waals surface area contributed by atoms with Crippen LogP contribution in [0.25, 0.3) is 0 Å². The molecule has 4 heteroatoms. The van der Waals surface area contributed by atoms with Crippen molar-refractivity contribution in [1.82, 2.24) is 10.6 Å². The lowest BCUT2D eigenvalue weighted by atomic mass is 10.2. The Hall–Kier alpha value is -1.05. The van der Waals surface area contributed by atoms with E-state index in [0.717, 1.165) is 6.54 Å². The summed E-state index contributed by atoms with van der Waals surface area (Å²) in [6.07, 6.45) is 0. The second kappa shape index (κ2) is 5.57. The van der Waals surface area contributed by atoms with Crippen LogP contribution in [0, 0.1) is 11.8 Å². The molecule has 1 fully saturated rings. The average Bonchev–Trinajstić information content (AvgIpc) is 2.19. The Morgan fingerprint density at radius 3 is 3.23 bits per heavy atom. The number of hydrogen-bond acceptors (Lipinski definition) is 3. The summed E-state index contributed by atoms with van der Waals surface area (Å²) in [6.45, 7) is 4.02. The van der Waals surface area contributed by atoms with E-state index < -0.39 is 0 Å². The highest BCUT2D eigenvalue weighted by Gasteiger charge is 2.19. The highest BCUT2D eigenvalue weighted by molar-refractivity contribution is 5.82. The zero-order valence-electron chi connectivity index (χ0n) is 7.72. The summed E-state index contributed by atoms with van der Waals surface area (Å²) < 4.78 is 5.15. The topological polar surface area (TPSA) is 50.4 Å². The van der Waals surface area contributed by atoms with Crippen LogP contribution in [0.5, 0.6) is 0 Å². The van der Waals surface area contributed by atoms with E-state index in [1.165, 1.54) is 0 Å². The average molecular weight is 182 g/mol. The molecule has 1 rings (SSSR count). The van der Waals surface area contributed by atoms with E-state index in [2.05, 4.69) is 22.5 Å². The van der Waals surface area contributed by atoms with Crippen LogP contribution >= 0.6 is 0 Å². The van der Waals surface area contributed by atoms with Gasteiger partial charge >= 0.3 is 0 Å². The SMILES string of the molecule is CC#CCNC(=O)C1COCCN1. The largest absolute Gasteiger partial charge is 0.378 e. The van der Waals surface area contributed by atoms with Crippen LogP contribution in [0.2, 0.25) is 0 Å². The molecule has 1 saturated heterocycles. The molecule has 0 saturated carbocycles. The molecular weight excluding hydrogens is 168 g/mol. The lowest BCUT2D eigenvalue weighted by molar-refractivity contribution is -0.125. The first kappa shape index (κ1) is 10.0. The molecule has 0 bridgehead atoms. The van der Waals surface area contributed by atoms with Crippen molar-refractivity contribution in [3.8, 4) is 11.8 Å². The lowest BCUT2D eigenvalue weighted by Gasteiger charge is -2.22. The van der Waals surface area contributed by atoms with Crippen LogP contribution in [0.4, 0.5) is 0 Å². The van der Waals surface area contributed by atoms with Crippen molar-refractivity contribution in [1.29, 1.82) is 0 Å².